The Bertz CT molecular complexity index is 2400. The first-order valence-corrected chi connectivity index (χ1v) is 30.7. The number of esters is 2. The second kappa shape index (κ2) is 25.3. The number of carbonyl (C=O) groups excluding carboxylic acids is 2. The van der Waals surface area contributed by atoms with Crippen molar-refractivity contribution in [3.05, 3.63) is 11.6 Å². The molecule has 86 heavy (non-hydrogen) atoms. The molecule has 14 N–H and O–H groups in total. The molecule has 492 valence electrons. The van der Waals surface area contributed by atoms with E-state index in [4.69, 9.17) is 52.1 Å². The highest BCUT2D eigenvalue weighted by Gasteiger charge is 2.67. The molecule has 0 unspecified atom stereocenters. The van der Waals surface area contributed by atoms with Gasteiger partial charge in [0.05, 0.1) is 51.2 Å². The molecule has 10 aliphatic rings. The third-order valence-corrected chi connectivity index (χ3v) is 22.7. The van der Waals surface area contributed by atoms with E-state index < -0.39 is 197 Å². The largest absolute Gasteiger partial charge is 0.454 e. The van der Waals surface area contributed by atoms with E-state index in [9.17, 15) is 76.3 Å². The summed E-state index contributed by atoms with van der Waals surface area (Å²) < 4.78 is 64.9. The van der Waals surface area contributed by atoms with Crippen LogP contribution in [0.1, 0.15) is 106 Å². The molecule has 0 aromatic rings. The van der Waals surface area contributed by atoms with Crippen LogP contribution in [-0.4, -0.2) is 264 Å². The van der Waals surface area contributed by atoms with Gasteiger partial charge in [-0.3, -0.25) is 9.59 Å². The summed E-state index contributed by atoms with van der Waals surface area (Å²) in [7, 11) is 0. The van der Waals surface area contributed by atoms with Gasteiger partial charge in [0.1, 0.15) is 97.2 Å². The van der Waals surface area contributed by atoms with Crippen molar-refractivity contribution >= 4 is 11.9 Å². The van der Waals surface area contributed by atoms with Gasteiger partial charge < -0.3 is 124 Å². The minimum Gasteiger partial charge on any atom is -0.454 e. The van der Waals surface area contributed by atoms with Crippen molar-refractivity contribution < 1.29 is 133 Å². The smallest absolute Gasteiger partial charge is 0.315 e. The summed E-state index contributed by atoms with van der Waals surface area (Å²) in [6.07, 6.45) is -25.8. The van der Waals surface area contributed by atoms with Crippen LogP contribution in [-0.2, 0) is 61.7 Å². The van der Waals surface area contributed by atoms with Crippen molar-refractivity contribution in [3.63, 3.8) is 0 Å². The Morgan fingerprint density at radius 1 is 0.616 bits per heavy atom. The molecule has 10 rings (SSSR count). The number of allylic oxidation sites excluding steroid dienone is 2. The summed E-state index contributed by atoms with van der Waals surface area (Å²) in [5, 5.41) is 149. The summed E-state index contributed by atoms with van der Waals surface area (Å²) in [4.78, 5) is 27.9. The number of hydrogen-bond donors (Lipinski definition) is 14. The summed E-state index contributed by atoms with van der Waals surface area (Å²) >= 11 is 0. The third-order valence-electron chi connectivity index (χ3n) is 22.7. The SMILES string of the molecule is CC(=O)O[C@H]1[C@H](O[C@H]2CC[C@]3(C)[C@H]4CC=C5[C@@H]6[C@@H](C)[C@H](C)CC[C@]6(C(=O)O[C@@H]6O[C@H](CO[C@@H]7O[C@H](CO)[C@@H](O[C@@H]8OC[C@](O)(CO)[C@H]8O)[C@H](O)[C@H]7O)[C@@H](O)[C@H](O)[C@H]6O)CC[C@]5(C)[C@H]4CC[C@H]3C2(C)C)OC[C@H](O)[C@@H]1O[C@@H]1O[C@H](CO)[C@@H](O)[C@H](O)[C@H]1O. The zero-order chi connectivity index (χ0) is 62.5. The fourth-order valence-corrected chi connectivity index (χ4v) is 17.4. The Morgan fingerprint density at radius 3 is 1.92 bits per heavy atom. The van der Waals surface area contributed by atoms with E-state index in [0.717, 1.165) is 32.1 Å². The molecule has 27 heteroatoms. The van der Waals surface area contributed by atoms with Gasteiger partial charge in [-0.1, -0.05) is 53.2 Å². The highest BCUT2D eigenvalue weighted by molar-refractivity contribution is 5.79. The number of ether oxygens (including phenoxy) is 11. The van der Waals surface area contributed by atoms with Crippen LogP contribution in [0.3, 0.4) is 0 Å². The molecule has 4 saturated carbocycles. The second-order valence-electron chi connectivity index (χ2n) is 27.7. The quantitative estimate of drug-likeness (QED) is 0.0444. The van der Waals surface area contributed by atoms with Gasteiger partial charge in [-0.15, -0.1) is 0 Å². The topological polar surface area (TPSA) is 419 Å². The molecule has 5 aliphatic carbocycles. The first kappa shape index (κ1) is 66.7. The van der Waals surface area contributed by atoms with E-state index in [2.05, 4.69) is 47.6 Å². The molecular weight excluding hydrogens is 1140 g/mol. The Hall–Kier alpha value is -2.24. The minimum atomic E-state index is -2.07. The van der Waals surface area contributed by atoms with Gasteiger partial charge in [-0.25, -0.2) is 0 Å². The van der Waals surface area contributed by atoms with E-state index in [1.807, 2.05) is 0 Å². The lowest BCUT2D eigenvalue weighted by molar-refractivity contribution is -0.357. The molecule has 9 fully saturated rings. The van der Waals surface area contributed by atoms with Crippen molar-refractivity contribution in [2.75, 3.05) is 39.6 Å². The molecule has 0 amide bonds. The van der Waals surface area contributed by atoms with E-state index in [-0.39, 0.29) is 52.9 Å². The van der Waals surface area contributed by atoms with Crippen LogP contribution >= 0.6 is 0 Å². The van der Waals surface area contributed by atoms with Crippen LogP contribution in [0.4, 0.5) is 0 Å². The Labute approximate surface area is 499 Å². The fraction of sp³-hybridized carbons (Fsp3) is 0.932. The summed E-state index contributed by atoms with van der Waals surface area (Å²) in [5.41, 5.74) is -2.83. The van der Waals surface area contributed by atoms with E-state index >= 15 is 4.79 Å². The highest BCUT2D eigenvalue weighted by Crippen LogP contribution is 2.72. The van der Waals surface area contributed by atoms with Gasteiger partial charge in [0.15, 0.2) is 31.3 Å². The van der Waals surface area contributed by atoms with Crippen LogP contribution in [0, 0.1) is 57.2 Å². The molecule has 0 radical (unpaired) electrons. The lowest BCUT2D eigenvalue weighted by Crippen LogP contribution is -2.65. The maximum absolute atomic E-state index is 15.2. The molecule has 0 aromatic heterocycles. The van der Waals surface area contributed by atoms with Crippen LogP contribution in [0.15, 0.2) is 11.6 Å². The molecule has 5 heterocycles. The average Bonchev–Trinajstić information content (AvgIpc) is 0.803. The predicted molar refractivity (Wildman–Crippen MR) is 288 cm³/mol. The van der Waals surface area contributed by atoms with Crippen LogP contribution in [0.25, 0.3) is 0 Å². The number of fused-ring (bicyclic) bond motifs is 7. The minimum absolute atomic E-state index is 0.0357. The molecule has 0 aromatic carbocycles. The van der Waals surface area contributed by atoms with Crippen molar-refractivity contribution in [3.8, 4) is 0 Å². The first-order chi connectivity index (χ1) is 40.5. The number of hydrogen-bond acceptors (Lipinski definition) is 27. The van der Waals surface area contributed by atoms with E-state index in [1.165, 1.54) is 12.5 Å². The lowest BCUT2D eigenvalue weighted by atomic mass is 9.37. The van der Waals surface area contributed by atoms with Gasteiger partial charge in [0.2, 0.25) is 6.29 Å². The summed E-state index contributed by atoms with van der Waals surface area (Å²) in [5.74, 6) is -0.657. The average molecular weight is 1240 g/mol. The molecular formula is C59H94O27. The van der Waals surface area contributed by atoms with Gasteiger partial charge >= 0.3 is 11.9 Å². The zero-order valence-corrected chi connectivity index (χ0v) is 49.9. The van der Waals surface area contributed by atoms with Gasteiger partial charge in [0.25, 0.3) is 0 Å². The fourth-order valence-electron chi connectivity index (χ4n) is 17.4. The van der Waals surface area contributed by atoms with Crippen LogP contribution in [0.5, 0.6) is 0 Å². The maximum atomic E-state index is 15.2. The van der Waals surface area contributed by atoms with Crippen LogP contribution < -0.4 is 0 Å². The third kappa shape index (κ3) is 11.5. The van der Waals surface area contributed by atoms with Gasteiger partial charge in [-0.05, 0) is 110 Å². The Kier molecular flexibility index (Phi) is 19.6. The monoisotopic (exact) mass is 1230 g/mol. The second-order valence-corrected chi connectivity index (χ2v) is 27.7. The Morgan fingerprint density at radius 2 is 1.26 bits per heavy atom. The number of rotatable bonds is 15. The predicted octanol–water partition coefficient (Wildman–Crippen LogP) is -2.89. The zero-order valence-electron chi connectivity index (χ0n) is 49.9. The van der Waals surface area contributed by atoms with E-state index in [0.29, 0.717) is 25.7 Å². The van der Waals surface area contributed by atoms with Crippen molar-refractivity contribution in [1.29, 1.82) is 0 Å². The number of carbonyl (C=O) groups is 2. The van der Waals surface area contributed by atoms with Gasteiger partial charge in [0, 0.05) is 6.92 Å². The molecule has 32 atom stereocenters. The normalized spacial score (nSPS) is 52.8. The molecule has 27 nitrogen and oxygen atoms in total. The highest BCUT2D eigenvalue weighted by atomic mass is 16.8. The van der Waals surface area contributed by atoms with Crippen LogP contribution in [0.2, 0.25) is 0 Å². The van der Waals surface area contributed by atoms with Crippen molar-refractivity contribution in [2.45, 2.75) is 247 Å². The number of aliphatic hydroxyl groups is 14. The standard InChI is InChI=1S/C59H94O27/c1-24-12-15-58(54(74)86-51-43(71)40(68)38(66)33(82-51)21-77-49-44(72)41(69)46(32(19-61)81-49)85-53-48(73)59(75,22-62)23-78-53)17-16-56(6)27-10-11-34-55(4,5)35(13-14-57(34,7)28(27)8-9-29(56)36(58)25(24)2)83-52-47(79-26(3)63)45(30(64)20-76-52)84-50-42(70)39(67)37(65)31(18-60)80-50/h9,24-25,27-28,30-53,60-62,64-73,75H,8,10-23H2,1-7H3/t24-,25+,27+,28+,30+,31-,32-,33-,34+,35+,36+,37-,38-,39+,40+,41-,42-,43-,44-,45+,46-,47-,48+,49-,50+,51+,52+,53+,56-,57-,58+,59-/m1/s1. The molecule has 0 spiro atoms. The first-order valence-electron chi connectivity index (χ1n) is 30.7. The summed E-state index contributed by atoms with van der Waals surface area (Å²) in [6.45, 7) is 10.8. The summed E-state index contributed by atoms with van der Waals surface area (Å²) in [6, 6.07) is 0. The molecule has 5 saturated heterocycles. The number of aliphatic hydroxyl groups excluding tert-OH is 13. The van der Waals surface area contributed by atoms with Crippen molar-refractivity contribution in [2.24, 2.45) is 57.2 Å². The van der Waals surface area contributed by atoms with Gasteiger partial charge in [-0.2, -0.15) is 0 Å². The van der Waals surface area contributed by atoms with E-state index in [1.54, 1.807) is 0 Å². The molecule has 5 aliphatic heterocycles. The maximum Gasteiger partial charge on any atom is 0.315 e. The molecule has 0 bridgehead atoms. The Balaban J connectivity index is 0.816. The lowest BCUT2D eigenvalue weighted by Gasteiger charge is -2.67. The van der Waals surface area contributed by atoms with Crippen molar-refractivity contribution in [1.82, 2.24) is 0 Å².